The average Bonchev–Trinajstić information content (AvgIpc) is 3.07. The first kappa shape index (κ1) is 14.3. The van der Waals surface area contributed by atoms with E-state index >= 15 is 0 Å². The van der Waals surface area contributed by atoms with Gasteiger partial charge in [0.05, 0.1) is 18.0 Å². The van der Waals surface area contributed by atoms with E-state index < -0.39 is 0 Å². The molecule has 0 spiro atoms. The van der Waals surface area contributed by atoms with Crippen LogP contribution < -0.4 is 5.32 Å². The van der Waals surface area contributed by atoms with Crippen molar-refractivity contribution < 1.29 is 9.53 Å². The van der Waals surface area contributed by atoms with E-state index in [0.29, 0.717) is 11.8 Å². The molecule has 2 aliphatic rings. The van der Waals surface area contributed by atoms with Gasteiger partial charge < -0.3 is 15.0 Å². The summed E-state index contributed by atoms with van der Waals surface area (Å²) in [5, 5.41) is 3.32. The molecule has 5 heteroatoms. The fourth-order valence-electron chi connectivity index (χ4n) is 2.92. The van der Waals surface area contributed by atoms with E-state index in [2.05, 4.69) is 10.3 Å². The van der Waals surface area contributed by atoms with Crippen LogP contribution in [0.2, 0.25) is 0 Å². The fraction of sp³-hybridized carbons (Fsp3) is 0.625. The zero-order chi connectivity index (χ0) is 14.5. The zero-order valence-electron chi connectivity index (χ0n) is 12.4. The molecule has 0 aromatic carbocycles. The summed E-state index contributed by atoms with van der Waals surface area (Å²) in [6.07, 6.45) is 7.74. The molecule has 2 aliphatic heterocycles. The number of nitrogens with zero attached hydrogens (tertiary/aromatic N) is 2. The topological polar surface area (TPSA) is 54.5 Å². The third kappa shape index (κ3) is 3.73. The first-order valence-corrected chi connectivity index (χ1v) is 7.94. The fourth-order valence-corrected chi connectivity index (χ4v) is 2.92. The van der Waals surface area contributed by atoms with Gasteiger partial charge in [-0.05, 0) is 44.2 Å². The summed E-state index contributed by atoms with van der Waals surface area (Å²) in [6.45, 7) is 3.40. The molecular weight excluding hydrogens is 266 g/mol. The lowest BCUT2D eigenvalue weighted by Crippen LogP contribution is -2.36. The SMILES string of the molecule is O=C(c1ccc(NCC2CCCO2)cn1)N1CCCCC1. The minimum atomic E-state index is 0.0559. The van der Waals surface area contributed by atoms with Crippen molar-refractivity contribution in [3.63, 3.8) is 0 Å². The number of anilines is 1. The number of hydrogen-bond donors (Lipinski definition) is 1. The number of likely N-dealkylation sites (tertiary alicyclic amines) is 1. The number of ether oxygens (including phenoxy) is 1. The van der Waals surface area contributed by atoms with Crippen LogP contribution in [0.1, 0.15) is 42.6 Å². The van der Waals surface area contributed by atoms with Crippen molar-refractivity contribution in [3.8, 4) is 0 Å². The Morgan fingerprint density at radius 1 is 1.29 bits per heavy atom. The Morgan fingerprint density at radius 2 is 2.14 bits per heavy atom. The molecule has 1 aromatic rings. The van der Waals surface area contributed by atoms with Crippen LogP contribution in [0.5, 0.6) is 0 Å². The number of pyridine rings is 1. The van der Waals surface area contributed by atoms with Gasteiger partial charge in [0.15, 0.2) is 0 Å². The van der Waals surface area contributed by atoms with Gasteiger partial charge >= 0.3 is 0 Å². The van der Waals surface area contributed by atoms with Gasteiger partial charge in [-0.1, -0.05) is 0 Å². The van der Waals surface area contributed by atoms with Crippen molar-refractivity contribution in [2.75, 3.05) is 31.6 Å². The van der Waals surface area contributed by atoms with E-state index in [9.17, 15) is 4.79 Å². The van der Waals surface area contributed by atoms with Crippen LogP contribution in [-0.2, 0) is 4.74 Å². The monoisotopic (exact) mass is 289 g/mol. The van der Waals surface area contributed by atoms with E-state index in [1.165, 1.54) is 6.42 Å². The third-order valence-corrected chi connectivity index (χ3v) is 4.18. The van der Waals surface area contributed by atoms with Gasteiger partial charge in [-0.15, -0.1) is 0 Å². The molecule has 1 unspecified atom stereocenters. The normalized spacial score (nSPS) is 22.3. The first-order valence-electron chi connectivity index (χ1n) is 7.94. The molecule has 2 saturated heterocycles. The largest absolute Gasteiger partial charge is 0.381 e. The summed E-state index contributed by atoms with van der Waals surface area (Å²) in [6, 6.07) is 3.74. The van der Waals surface area contributed by atoms with Gasteiger partial charge in [0.1, 0.15) is 5.69 Å². The predicted octanol–water partition coefficient (Wildman–Crippen LogP) is 2.30. The van der Waals surface area contributed by atoms with Crippen molar-refractivity contribution in [3.05, 3.63) is 24.0 Å². The number of hydrogen-bond acceptors (Lipinski definition) is 4. The van der Waals surface area contributed by atoms with Crippen LogP contribution >= 0.6 is 0 Å². The van der Waals surface area contributed by atoms with E-state index in [1.54, 1.807) is 6.20 Å². The van der Waals surface area contributed by atoms with Gasteiger partial charge in [0, 0.05) is 26.2 Å². The third-order valence-electron chi connectivity index (χ3n) is 4.18. The van der Waals surface area contributed by atoms with Gasteiger partial charge in [0.25, 0.3) is 5.91 Å². The van der Waals surface area contributed by atoms with Crippen LogP contribution in [0.3, 0.4) is 0 Å². The number of carbonyl (C=O) groups is 1. The Balaban J connectivity index is 1.54. The van der Waals surface area contributed by atoms with Crippen molar-refractivity contribution in [1.82, 2.24) is 9.88 Å². The molecule has 1 N–H and O–H groups in total. The quantitative estimate of drug-likeness (QED) is 0.924. The Bertz CT molecular complexity index is 463. The van der Waals surface area contributed by atoms with Crippen LogP contribution in [0, 0.1) is 0 Å². The van der Waals surface area contributed by atoms with Gasteiger partial charge in [-0.3, -0.25) is 4.79 Å². The number of nitrogens with one attached hydrogen (secondary N) is 1. The number of piperidine rings is 1. The second kappa shape index (κ2) is 6.89. The van der Waals surface area contributed by atoms with Crippen LogP contribution in [0.15, 0.2) is 18.3 Å². The molecule has 1 atom stereocenters. The Hall–Kier alpha value is -1.62. The maximum absolute atomic E-state index is 12.3. The molecule has 0 aliphatic carbocycles. The van der Waals surface area contributed by atoms with Gasteiger partial charge in [-0.25, -0.2) is 4.98 Å². The summed E-state index contributed by atoms with van der Waals surface area (Å²) in [4.78, 5) is 18.5. The highest BCUT2D eigenvalue weighted by Crippen LogP contribution is 2.15. The molecule has 3 rings (SSSR count). The van der Waals surface area contributed by atoms with Gasteiger partial charge in [-0.2, -0.15) is 0 Å². The minimum Gasteiger partial charge on any atom is -0.381 e. The Morgan fingerprint density at radius 3 is 2.81 bits per heavy atom. The Kier molecular flexibility index (Phi) is 4.70. The number of aromatic nitrogens is 1. The molecule has 2 fully saturated rings. The summed E-state index contributed by atoms with van der Waals surface area (Å²) >= 11 is 0. The lowest BCUT2D eigenvalue weighted by Gasteiger charge is -2.26. The van der Waals surface area contributed by atoms with Crippen molar-refractivity contribution >= 4 is 11.6 Å². The molecule has 1 aromatic heterocycles. The Labute approximate surface area is 125 Å². The molecule has 1 amide bonds. The minimum absolute atomic E-state index is 0.0559. The van der Waals surface area contributed by atoms with E-state index in [0.717, 1.165) is 57.6 Å². The molecule has 0 bridgehead atoms. The van der Waals surface area contributed by atoms with E-state index in [-0.39, 0.29) is 5.91 Å². The van der Waals surface area contributed by atoms with E-state index in [4.69, 9.17) is 4.74 Å². The highest BCUT2D eigenvalue weighted by atomic mass is 16.5. The van der Waals surface area contributed by atoms with Gasteiger partial charge in [0.2, 0.25) is 0 Å². The standard InChI is InChI=1S/C16H23N3O2/c20-16(19-8-2-1-3-9-19)15-7-6-13(11-18-15)17-12-14-5-4-10-21-14/h6-7,11,14,17H,1-5,8-10,12H2. The molecule has 0 radical (unpaired) electrons. The molecule has 3 heterocycles. The van der Waals surface area contributed by atoms with Crippen LogP contribution in [0.25, 0.3) is 0 Å². The maximum atomic E-state index is 12.3. The second-order valence-corrected chi connectivity index (χ2v) is 5.80. The maximum Gasteiger partial charge on any atom is 0.272 e. The lowest BCUT2D eigenvalue weighted by molar-refractivity contribution is 0.0718. The van der Waals surface area contributed by atoms with E-state index in [1.807, 2.05) is 17.0 Å². The van der Waals surface area contributed by atoms with Crippen molar-refractivity contribution in [2.45, 2.75) is 38.2 Å². The highest BCUT2D eigenvalue weighted by molar-refractivity contribution is 5.92. The number of amides is 1. The second-order valence-electron chi connectivity index (χ2n) is 5.80. The summed E-state index contributed by atoms with van der Waals surface area (Å²) in [5.74, 6) is 0.0559. The molecule has 21 heavy (non-hydrogen) atoms. The molecule has 114 valence electrons. The van der Waals surface area contributed by atoms with Crippen LogP contribution in [-0.4, -0.2) is 48.1 Å². The average molecular weight is 289 g/mol. The van der Waals surface area contributed by atoms with Crippen LogP contribution in [0.4, 0.5) is 5.69 Å². The smallest absolute Gasteiger partial charge is 0.272 e. The predicted molar refractivity (Wildman–Crippen MR) is 81.5 cm³/mol. The zero-order valence-corrected chi connectivity index (χ0v) is 12.4. The number of carbonyl (C=O) groups excluding carboxylic acids is 1. The highest BCUT2D eigenvalue weighted by Gasteiger charge is 2.19. The molecular formula is C16H23N3O2. The van der Waals surface area contributed by atoms with Crippen molar-refractivity contribution in [2.24, 2.45) is 0 Å². The van der Waals surface area contributed by atoms with Crippen molar-refractivity contribution in [1.29, 1.82) is 0 Å². The summed E-state index contributed by atoms with van der Waals surface area (Å²) in [5.41, 5.74) is 1.49. The molecule has 5 nitrogen and oxygen atoms in total. The number of rotatable bonds is 4. The summed E-state index contributed by atoms with van der Waals surface area (Å²) < 4.78 is 5.57. The lowest BCUT2D eigenvalue weighted by atomic mass is 10.1. The summed E-state index contributed by atoms with van der Waals surface area (Å²) in [7, 11) is 0. The first-order chi connectivity index (χ1) is 10.3. The molecule has 0 saturated carbocycles.